The van der Waals surface area contributed by atoms with E-state index in [1.165, 1.54) is 29.4 Å². The van der Waals surface area contributed by atoms with Crippen molar-refractivity contribution < 1.29 is 0 Å². The molecule has 0 atom stereocenters. The van der Waals surface area contributed by atoms with Crippen molar-refractivity contribution in [3.63, 3.8) is 0 Å². The summed E-state index contributed by atoms with van der Waals surface area (Å²) in [6.07, 6.45) is 0. The third kappa shape index (κ3) is 4.12. The first-order valence-electron chi connectivity index (χ1n) is 9.69. The first kappa shape index (κ1) is 20.9. The van der Waals surface area contributed by atoms with Gasteiger partial charge in [-0.05, 0) is 0 Å². The predicted octanol–water partition coefficient (Wildman–Crippen LogP) is 7.37. The second kappa shape index (κ2) is 8.79. The van der Waals surface area contributed by atoms with Crippen LogP contribution in [0.5, 0.6) is 0 Å². The Morgan fingerprint density at radius 2 is 0.759 bits per heavy atom. The van der Waals surface area contributed by atoms with E-state index < -0.39 is 18.4 Å². The summed E-state index contributed by atoms with van der Waals surface area (Å²) in [5.41, 5.74) is 5.24. The minimum absolute atomic E-state index is 1.15. The average molecular weight is 613 g/mol. The van der Waals surface area contributed by atoms with Gasteiger partial charge in [0.15, 0.2) is 0 Å². The van der Waals surface area contributed by atoms with Crippen molar-refractivity contribution >= 4 is 57.4 Å². The summed E-state index contributed by atoms with van der Waals surface area (Å²) in [6, 6.07) is 35.0. The molecule has 144 valence electrons. The fourth-order valence-electron chi connectivity index (χ4n) is 4.03. The van der Waals surface area contributed by atoms with E-state index in [4.69, 9.17) is 0 Å². The SMILES string of the molecule is [CH3][Sn]([CH3])([c]1ccccc1-c1ccccc1Br)[c]1ccccc1-c1ccccc1Br. The second-order valence-electron chi connectivity index (χ2n) is 7.68. The van der Waals surface area contributed by atoms with Gasteiger partial charge in [-0.1, -0.05) is 0 Å². The van der Waals surface area contributed by atoms with Crippen LogP contribution in [0.4, 0.5) is 0 Å². The molecule has 0 aliphatic rings. The van der Waals surface area contributed by atoms with Gasteiger partial charge >= 0.3 is 196 Å². The summed E-state index contributed by atoms with van der Waals surface area (Å²) in [5.74, 6) is 0. The average Bonchev–Trinajstić information content (AvgIpc) is 2.74. The van der Waals surface area contributed by atoms with Crippen LogP contribution in [0.2, 0.25) is 9.88 Å². The molecule has 0 amide bonds. The van der Waals surface area contributed by atoms with Crippen LogP contribution < -0.4 is 7.16 Å². The number of halogens is 2. The third-order valence-corrected chi connectivity index (χ3v) is 17.1. The molecule has 0 aliphatic heterocycles. The molecule has 0 bridgehead atoms. The molecule has 0 nitrogen and oxygen atoms in total. The Morgan fingerprint density at radius 3 is 1.14 bits per heavy atom. The maximum absolute atomic E-state index is 3.77. The van der Waals surface area contributed by atoms with Gasteiger partial charge in [0, 0.05) is 0 Å². The predicted molar refractivity (Wildman–Crippen MR) is 136 cm³/mol. The second-order valence-corrected chi connectivity index (χ2v) is 21.7. The van der Waals surface area contributed by atoms with Crippen LogP contribution in [0.3, 0.4) is 0 Å². The molecule has 0 unspecified atom stereocenters. The summed E-state index contributed by atoms with van der Waals surface area (Å²) >= 11 is 4.61. The molecule has 29 heavy (non-hydrogen) atoms. The van der Waals surface area contributed by atoms with Gasteiger partial charge in [0.2, 0.25) is 0 Å². The van der Waals surface area contributed by atoms with Gasteiger partial charge in [-0.2, -0.15) is 0 Å². The van der Waals surface area contributed by atoms with Crippen LogP contribution in [-0.2, 0) is 0 Å². The molecule has 0 aromatic heterocycles. The van der Waals surface area contributed by atoms with E-state index in [1.54, 1.807) is 0 Å². The molecule has 4 aromatic rings. The van der Waals surface area contributed by atoms with Crippen molar-refractivity contribution in [3.8, 4) is 22.3 Å². The topological polar surface area (TPSA) is 0 Å². The first-order chi connectivity index (χ1) is 14.0. The van der Waals surface area contributed by atoms with Crippen molar-refractivity contribution in [1.29, 1.82) is 0 Å². The number of hydrogen-bond acceptors (Lipinski definition) is 0. The van der Waals surface area contributed by atoms with Gasteiger partial charge in [-0.15, -0.1) is 0 Å². The van der Waals surface area contributed by atoms with Gasteiger partial charge < -0.3 is 0 Å². The molecule has 0 fully saturated rings. The Hall–Kier alpha value is -1.36. The summed E-state index contributed by atoms with van der Waals surface area (Å²) in [5, 5.41) is 0. The van der Waals surface area contributed by atoms with Crippen LogP contribution in [0.1, 0.15) is 0 Å². The van der Waals surface area contributed by atoms with Crippen molar-refractivity contribution in [3.05, 3.63) is 106 Å². The van der Waals surface area contributed by atoms with Crippen LogP contribution >= 0.6 is 31.9 Å². The summed E-state index contributed by atoms with van der Waals surface area (Å²) in [7, 11) is 0. The van der Waals surface area contributed by atoms with Crippen LogP contribution in [0.15, 0.2) is 106 Å². The number of hydrogen-bond donors (Lipinski definition) is 0. The summed E-state index contributed by atoms with van der Waals surface area (Å²) in [4.78, 5) is 5.06. The van der Waals surface area contributed by atoms with Crippen molar-refractivity contribution in [2.45, 2.75) is 9.88 Å². The Morgan fingerprint density at radius 1 is 0.448 bits per heavy atom. The van der Waals surface area contributed by atoms with E-state index in [-0.39, 0.29) is 0 Å². The monoisotopic (exact) mass is 612 g/mol. The first-order valence-corrected chi connectivity index (χ1v) is 19.8. The van der Waals surface area contributed by atoms with Gasteiger partial charge in [-0.25, -0.2) is 0 Å². The van der Waals surface area contributed by atoms with Gasteiger partial charge in [0.1, 0.15) is 0 Å². The minimum atomic E-state index is -2.93. The van der Waals surface area contributed by atoms with E-state index in [0.29, 0.717) is 0 Å². The zero-order chi connectivity index (χ0) is 20.4. The zero-order valence-electron chi connectivity index (χ0n) is 16.5. The normalized spacial score (nSPS) is 11.4. The molecule has 0 N–H and O–H groups in total. The standard InChI is InChI=1S/2C12H8Br.2CH3.Sn/c2*13-12-9-5-4-8-11(12)10-6-2-1-3-7-10;;;/h2*1-6,8-9H;2*1H3;. The van der Waals surface area contributed by atoms with Gasteiger partial charge in [0.25, 0.3) is 0 Å². The summed E-state index contributed by atoms with van der Waals surface area (Å²) in [6.45, 7) is 0. The molecule has 0 aliphatic carbocycles. The van der Waals surface area contributed by atoms with E-state index in [9.17, 15) is 0 Å². The molecule has 0 saturated heterocycles. The molecule has 0 saturated carbocycles. The fourth-order valence-corrected chi connectivity index (χ4v) is 13.9. The maximum atomic E-state index is 3.77. The van der Waals surface area contributed by atoms with E-state index >= 15 is 0 Å². The fraction of sp³-hybridized carbons (Fsp3) is 0.0769. The van der Waals surface area contributed by atoms with Crippen molar-refractivity contribution in [2.75, 3.05) is 0 Å². The van der Waals surface area contributed by atoms with Crippen molar-refractivity contribution in [1.82, 2.24) is 0 Å². The molecular weight excluding hydrogens is 591 g/mol. The van der Waals surface area contributed by atoms with E-state index in [2.05, 4.69) is 139 Å². The third-order valence-electron chi connectivity index (χ3n) is 5.53. The molecule has 0 spiro atoms. The summed E-state index contributed by atoms with van der Waals surface area (Å²) < 4.78 is 5.34. The quantitative estimate of drug-likeness (QED) is 0.211. The molecule has 4 rings (SSSR count). The van der Waals surface area contributed by atoms with Crippen molar-refractivity contribution in [2.24, 2.45) is 0 Å². The molecule has 4 aromatic carbocycles. The van der Waals surface area contributed by atoms with Gasteiger partial charge in [-0.3, -0.25) is 0 Å². The Labute approximate surface area is 194 Å². The molecule has 3 heteroatoms. The van der Waals surface area contributed by atoms with Crippen LogP contribution in [0.25, 0.3) is 22.3 Å². The number of rotatable bonds is 4. The van der Waals surface area contributed by atoms with Crippen LogP contribution in [-0.4, -0.2) is 18.4 Å². The Kier molecular flexibility index (Phi) is 6.33. The number of benzene rings is 4. The molecule has 0 radical (unpaired) electrons. The Bertz CT molecular complexity index is 1070. The molecular formula is C26H22Br2Sn. The zero-order valence-corrected chi connectivity index (χ0v) is 22.5. The van der Waals surface area contributed by atoms with E-state index in [0.717, 1.165) is 8.95 Å². The van der Waals surface area contributed by atoms with Crippen LogP contribution in [0, 0.1) is 0 Å². The molecule has 0 heterocycles. The van der Waals surface area contributed by atoms with E-state index in [1.807, 2.05) is 0 Å². The van der Waals surface area contributed by atoms with Gasteiger partial charge in [0.05, 0.1) is 0 Å². The Balaban J connectivity index is 1.93.